The Hall–Kier alpha value is -2.64. The van der Waals surface area contributed by atoms with E-state index in [1.807, 2.05) is 6.20 Å². The summed E-state index contributed by atoms with van der Waals surface area (Å²) in [4.78, 5) is 10.5. The molecule has 1 aromatic carbocycles. The van der Waals surface area contributed by atoms with Gasteiger partial charge in [0.2, 0.25) is 0 Å². The highest BCUT2D eigenvalue weighted by Crippen LogP contribution is 2.41. The maximum absolute atomic E-state index is 6.27. The molecule has 27 heavy (non-hydrogen) atoms. The third-order valence-electron chi connectivity index (χ3n) is 5.22. The highest BCUT2D eigenvalue weighted by Gasteiger charge is 2.25. The molecule has 0 amide bonds. The van der Waals surface area contributed by atoms with Gasteiger partial charge in [-0.25, -0.2) is 9.97 Å². The predicted molar refractivity (Wildman–Crippen MR) is 110 cm³/mol. The van der Waals surface area contributed by atoms with E-state index in [4.69, 9.17) is 15.5 Å². The molecular formula is C20H21N5OS. The lowest BCUT2D eigenvalue weighted by atomic mass is 10.1. The summed E-state index contributed by atoms with van der Waals surface area (Å²) in [6.07, 6.45) is 4.80. The summed E-state index contributed by atoms with van der Waals surface area (Å²) in [6.45, 7) is 4.05. The van der Waals surface area contributed by atoms with Gasteiger partial charge < -0.3 is 15.8 Å². The number of nitrogens with one attached hydrogen (secondary N) is 1. The molecule has 3 aromatic heterocycles. The maximum atomic E-state index is 6.27. The lowest BCUT2D eigenvalue weighted by Gasteiger charge is -2.07. The first kappa shape index (κ1) is 16.5. The molecule has 1 aliphatic heterocycles. The molecule has 1 fully saturated rings. The quantitative estimate of drug-likeness (QED) is 0.569. The Morgan fingerprint density at radius 2 is 2.22 bits per heavy atom. The fourth-order valence-corrected chi connectivity index (χ4v) is 5.08. The van der Waals surface area contributed by atoms with Gasteiger partial charge in [0.1, 0.15) is 28.6 Å². The molecule has 0 radical (unpaired) electrons. The first-order chi connectivity index (χ1) is 13.2. The molecule has 5 rings (SSSR count). The second-order valence-electron chi connectivity index (χ2n) is 7.04. The van der Waals surface area contributed by atoms with Crippen LogP contribution in [0.2, 0.25) is 0 Å². The molecule has 1 saturated heterocycles. The smallest absolute Gasteiger partial charge is 0.150 e. The van der Waals surface area contributed by atoms with Gasteiger partial charge >= 0.3 is 0 Å². The fraction of sp³-hybridized carbons (Fsp3) is 0.300. The van der Waals surface area contributed by atoms with Crippen molar-refractivity contribution in [3.63, 3.8) is 0 Å². The van der Waals surface area contributed by atoms with Gasteiger partial charge in [-0.1, -0.05) is 6.07 Å². The second-order valence-corrected chi connectivity index (χ2v) is 8.09. The summed E-state index contributed by atoms with van der Waals surface area (Å²) in [5.41, 5.74) is 9.25. The number of benzene rings is 1. The summed E-state index contributed by atoms with van der Waals surface area (Å²) in [5.74, 6) is 2.85. The number of fused-ring (bicyclic) bond motifs is 2. The first-order valence-electron chi connectivity index (χ1n) is 9.07. The van der Waals surface area contributed by atoms with Crippen LogP contribution in [0.4, 0.5) is 5.82 Å². The number of aryl methyl sites for hydroxylation is 1. The number of aromatic nitrogens is 3. The van der Waals surface area contributed by atoms with Gasteiger partial charge in [0.05, 0.1) is 16.7 Å². The lowest BCUT2D eigenvalue weighted by molar-refractivity contribution is 0.420. The molecule has 4 heterocycles. The average molecular weight is 379 g/mol. The summed E-state index contributed by atoms with van der Waals surface area (Å²) in [7, 11) is 1.72. The Morgan fingerprint density at radius 3 is 3.00 bits per heavy atom. The van der Waals surface area contributed by atoms with Gasteiger partial charge in [0.15, 0.2) is 0 Å². The third kappa shape index (κ3) is 2.57. The summed E-state index contributed by atoms with van der Waals surface area (Å²) < 4.78 is 8.84. The van der Waals surface area contributed by atoms with Crippen molar-refractivity contribution < 1.29 is 4.74 Å². The van der Waals surface area contributed by atoms with Crippen molar-refractivity contribution in [1.29, 1.82) is 0 Å². The minimum absolute atomic E-state index is 0.388. The molecule has 4 aromatic rings. The Labute approximate surface area is 161 Å². The van der Waals surface area contributed by atoms with Crippen molar-refractivity contribution in [1.82, 2.24) is 19.7 Å². The Morgan fingerprint density at radius 1 is 1.33 bits per heavy atom. The molecule has 138 valence electrons. The highest BCUT2D eigenvalue weighted by atomic mass is 32.1. The van der Waals surface area contributed by atoms with E-state index >= 15 is 0 Å². The van der Waals surface area contributed by atoms with Gasteiger partial charge in [-0.2, -0.15) is 0 Å². The number of hydrogen-bond donors (Lipinski definition) is 2. The van der Waals surface area contributed by atoms with Crippen molar-refractivity contribution >= 4 is 32.8 Å². The van der Waals surface area contributed by atoms with E-state index < -0.39 is 0 Å². The molecule has 0 aliphatic carbocycles. The van der Waals surface area contributed by atoms with Gasteiger partial charge in [0, 0.05) is 24.9 Å². The summed E-state index contributed by atoms with van der Waals surface area (Å²) >= 11 is 1.69. The van der Waals surface area contributed by atoms with Crippen LogP contribution in [-0.4, -0.2) is 34.6 Å². The van der Waals surface area contributed by atoms with E-state index in [-0.39, 0.29) is 0 Å². The zero-order valence-corrected chi connectivity index (χ0v) is 16.1. The second kappa shape index (κ2) is 6.21. The molecule has 0 saturated carbocycles. The molecule has 0 unspecified atom stereocenters. The van der Waals surface area contributed by atoms with Gasteiger partial charge in [0.25, 0.3) is 0 Å². The number of anilines is 1. The van der Waals surface area contributed by atoms with Gasteiger partial charge in [-0.15, -0.1) is 11.3 Å². The van der Waals surface area contributed by atoms with Crippen LogP contribution < -0.4 is 15.8 Å². The number of hydrogen-bond acceptors (Lipinski definition) is 6. The molecule has 7 heteroatoms. The largest absolute Gasteiger partial charge is 0.495 e. The van der Waals surface area contributed by atoms with E-state index in [9.17, 15) is 0 Å². The predicted octanol–water partition coefficient (Wildman–Crippen LogP) is 3.59. The van der Waals surface area contributed by atoms with Gasteiger partial charge in [-0.3, -0.25) is 4.40 Å². The summed E-state index contributed by atoms with van der Waals surface area (Å²) in [5, 5.41) is 4.59. The van der Waals surface area contributed by atoms with Crippen molar-refractivity contribution in [3.8, 4) is 16.3 Å². The molecule has 3 N–H and O–H groups in total. The van der Waals surface area contributed by atoms with Crippen LogP contribution >= 0.6 is 11.3 Å². The lowest BCUT2D eigenvalue weighted by Crippen LogP contribution is -2.10. The molecule has 0 spiro atoms. The Balaban J connectivity index is 1.76. The monoisotopic (exact) mass is 379 g/mol. The summed E-state index contributed by atoms with van der Waals surface area (Å²) in [6, 6.07) is 6.43. The number of nitrogens with zero attached hydrogens (tertiary/aromatic N) is 3. The normalized spacial score (nSPS) is 17.2. The SMILES string of the molecule is COc1cc(C)cc2cc(-c3nc([C@H]4CCNC4)n4ccnc(N)c34)sc12. The van der Waals surface area contributed by atoms with Crippen molar-refractivity contribution in [2.45, 2.75) is 19.3 Å². The van der Waals surface area contributed by atoms with Crippen LogP contribution in [0.15, 0.2) is 30.6 Å². The van der Waals surface area contributed by atoms with E-state index in [0.29, 0.717) is 11.7 Å². The topological polar surface area (TPSA) is 77.5 Å². The standard InChI is InChI=1S/C20H21N5OS/c1-11-7-13-9-15(27-18(13)14(8-11)26-2)16-17-19(21)23-5-6-25(17)20(24-16)12-3-4-22-10-12/h5-9,12,22H,3-4,10H2,1-2H3,(H2,21,23)/t12-/m0/s1. The number of rotatable bonds is 3. The number of methoxy groups -OCH3 is 1. The minimum atomic E-state index is 0.388. The Bertz CT molecular complexity index is 1160. The molecular weight excluding hydrogens is 358 g/mol. The van der Waals surface area contributed by atoms with E-state index in [2.05, 4.69) is 39.8 Å². The number of nitrogens with two attached hydrogens (primary N) is 1. The van der Waals surface area contributed by atoms with Crippen LogP contribution in [0.1, 0.15) is 23.7 Å². The Kier molecular flexibility index (Phi) is 3.80. The molecule has 6 nitrogen and oxygen atoms in total. The molecule has 0 bridgehead atoms. The van der Waals surface area contributed by atoms with Crippen LogP contribution in [0.5, 0.6) is 5.75 Å². The van der Waals surface area contributed by atoms with Crippen molar-refractivity contribution in [2.75, 3.05) is 25.9 Å². The van der Waals surface area contributed by atoms with Crippen LogP contribution in [0.3, 0.4) is 0 Å². The number of ether oxygens (including phenoxy) is 1. The average Bonchev–Trinajstić information content (AvgIpc) is 3.38. The number of thiophene rings is 1. The van der Waals surface area contributed by atoms with E-state index in [0.717, 1.165) is 51.9 Å². The van der Waals surface area contributed by atoms with Crippen LogP contribution in [0, 0.1) is 6.92 Å². The van der Waals surface area contributed by atoms with Crippen LogP contribution in [0.25, 0.3) is 26.2 Å². The number of nitrogen functional groups attached to an aromatic ring is 1. The maximum Gasteiger partial charge on any atom is 0.150 e. The third-order valence-corrected chi connectivity index (χ3v) is 6.39. The zero-order valence-electron chi connectivity index (χ0n) is 15.3. The molecule has 1 aliphatic rings. The number of imidazole rings is 1. The highest BCUT2D eigenvalue weighted by molar-refractivity contribution is 7.22. The van der Waals surface area contributed by atoms with Gasteiger partial charge in [-0.05, 0) is 43.0 Å². The first-order valence-corrected chi connectivity index (χ1v) is 9.89. The van der Waals surface area contributed by atoms with E-state index in [1.165, 1.54) is 10.9 Å². The van der Waals surface area contributed by atoms with Crippen molar-refractivity contribution in [2.24, 2.45) is 0 Å². The zero-order chi connectivity index (χ0) is 18.5. The van der Waals surface area contributed by atoms with Crippen molar-refractivity contribution in [3.05, 3.63) is 42.0 Å². The van der Waals surface area contributed by atoms with Crippen LogP contribution in [-0.2, 0) is 0 Å². The molecule has 1 atom stereocenters. The minimum Gasteiger partial charge on any atom is -0.495 e. The fourth-order valence-electron chi connectivity index (χ4n) is 3.95. The van der Waals surface area contributed by atoms with E-state index in [1.54, 1.807) is 24.6 Å².